The number of ether oxygens (including phenoxy) is 2. The summed E-state index contributed by atoms with van der Waals surface area (Å²) in [5, 5.41) is 6.15. The molecule has 34 heavy (non-hydrogen) atoms. The second kappa shape index (κ2) is 10.6. The highest BCUT2D eigenvalue weighted by molar-refractivity contribution is 6.33. The fourth-order valence-corrected chi connectivity index (χ4v) is 3.58. The highest BCUT2D eigenvalue weighted by atomic mass is 35.5. The van der Waals surface area contributed by atoms with E-state index in [9.17, 15) is 9.59 Å². The Morgan fingerprint density at radius 3 is 2.44 bits per heavy atom. The van der Waals surface area contributed by atoms with Gasteiger partial charge in [0.2, 0.25) is 0 Å². The van der Waals surface area contributed by atoms with E-state index in [0.29, 0.717) is 34.3 Å². The Kier molecular flexibility index (Phi) is 7.20. The van der Waals surface area contributed by atoms with Crippen LogP contribution >= 0.6 is 11.6 Å². The van der Waals surface area contributed by atoms with E-state index in [4.69, 9.17) is 21.1 Å². The van der Waals surface area contributed by atoms with Crippen molar-refractivity contribution < 1.29 is 19.1 Å². The van der Waals surface area contributed by atoms with Gasteiger partial charge in [-0.2, -0.15) is 5.10 Å². The molecule has 4 aromatic rings. The molecule has 0 aliphatic carbocycles. The van der Waals surface area contributed by atoms with E-state index >= 15 is 0 Å². The van der Waals surface area contributed by atoms with Gasteiger partial charge in [-0.3, -0.25) is 4.79 Å². The first-order valence-corrected chi connectivity index (χ1v) is 11.0. The highest BCUT2D eigenvalue weighted by Gasteiger charge is 2.16. The molecule has 0 atom stereocenters. The molecule has 0 unspecified atom stereocenters. The van der Waals surface area contributed by atoms with E-state index in [2.05, 4.69) is 10.5 Å². The van der Waals surface area contributed by atoms with Crippen molar-refractivity contribution in [1.29, 1.82) is 0 Å². The standard InChI is InChI=1S/C27H21ClN2O4/c1-2-33-20-14-11-19(12-15-20)26(31)30-29-17-23-21-8-4-3-7-18(21)13-16-25(23)34-27(32)22-9-5-6-10-24(22)28/h3-17H,2H2,1H3,(H,30,31)/b29-17-. The number of esters is 1. The molecule has 6 nitrogen and oxygen atoms in total. The summed E-state index contributed by atoms with van der Waals surface area (Å²) < 4.78 is 11.1. The van der Waals surface area contributed by atoms with Gasteiger partial charge in [-0.25, -0.2) is 10.2 Å². The zero-order valence-electron chi connectivity index (χ0n) is 18.3. The van der Waals surface area contributed by atoms with Crippen molar-refractivity contribution in [2.24, 2.45) is 5.10 Å². The van der Waals surface area contributed by atoms with Crippen molar-refractivity contribution in [3.8, 4) is 11.5 Å². The maximum atomic E-state index is 12.7. The van der Waals surface area contributed by atoms with E-state index in [1.54, 1.807) is 54.6 Å². The Morgan fingerprint density at radius 2 is 1.68 bits per heavy atom. The molecular formula is C27H21ClN2O4. The molecule has 0 spiro atoms. The van der Waals surface area contributed by atoms with Gasteiger partial charge in [0.25, 0.3) is 5.91 Å². The lowest BCUT2D eigenvalue weighted by atomic mass is 10.0. The number of nitrogens with one attached hydrogen (secondary N) is 1. The molecule has 7 heteroatoms. The second-order valence-corrected chi connectivity index (χ2v) is 7.63. The molecule has 0 aliphatic heterocycles. The Morgan fingerprint density at radius 1 is 0.941 bits per heavy atom. The average Bonchev–Trinajstić information content (AvgIpc) is 2.86. The third kappa shape index (κ3) is 5.24. The zero-order chi connectivity index (χ0) is 23.9. The van der Waals surface area contributed by atoms with Crippen LogP contribution in [0.3, 0.4) is 0 Å². The minimum Gasteiger partial charge on any atom is -0.494 e. The fourth-order valence-electron chi connectivity index (χ4n) is 3.37. The van der Waals surface area contributed by atoms with E-state index in [-0.39, 0.29) is 11.5 Å². The number of amides is 1. The molecule has 0 saturated heterocycles. The first kappa shape index (κ1) is 23.0. The zero-order valence-corrected chi connectivity index (χ0v) is 19.1. The molecule has 0 bridgehead atoms. The van der Waals surface area contributed by atoms with Crippen LogP contribution in [0.1, 0.15) is 33.2 Å². The predicted octanol–water partition coefficient (Wildman–Crippen LogP) is 5.88. The van der Waals surface area contributed by atoms with Gasteiger partial charge >= 0.3 is 5.97 Å². The lowest BCUT2D eigenvalue weighted by Gasteiger charge is -2.11. The first-order chi connectivity index (χ1) is 16.6. The minimum absolute atomic E-state index is 0.254. The average molecular weight is 473 g/mol. The van der Waals surface area contributed by atoms with Crippen molar-refractivity contribution in [3.63, 3.8) is 0 Å². The van der Waals surface area contributed by atoms with Gasteiger partial charge in [-0.05, 0) is 60.2 Å². The van der Waals surface area contributed by atoms with Crippen LogP contribution in [0.15, 0.2) is 90.0 Å². The number of nitrogens with zero attached hydrogens (tertiary/aromatic N) is 1. The summed E-state index contributed by atoms with van der Waals surface area (Å²) in [6, 6.07) is 24.6. The predicted molar refractivity (Wildman–Crippen MR) is 133 cm³/mol. The Bertz CT molecular complexity index is 1370. The molecule has 0 heterocycles. The van der Waals surface area contributed by atoms with Crippen molar-refractivity contribution in [3.05, 3.63) is 107 Å². The molecule has 0 saturated carbocycles. The number of benzene rings is 4. The van der Waals surface area contributed by atoms with Gasteiger partial charge in [0.15, 0.2) is 0 Å². The molecular weight excluding hydrogens is 452 g/mol. The molecule has 0 aliphatic rings. The number of hydrazone groups is 1. The highest BCUT2D eigenvalue weighted by Crippen LogP contribution is 2.28. The van der Waals surface area contributed by atoms with E-state index in [1.807, 2.05) is 37.3 Å². The van der Waals surface area contributed by atoms with Gasteiger partial charge < -0.3 is 9.47 Å². The number of carbonyl (C=O) groups excluding carboxylic acids is 2. The number of rotatable bonds is 7. The number of hydrogen-bond donors (Lipinski definition) is 1. The number of fused-ring (bicyclic) bond motifs is 1. The van der Waals surface area contributed by atoms with Gasteiger partial charge in [0, 0.05) is 11.1 Å². The van der Waals surface area contributed by atoms with Crippen molar-refractivity contribution in [1.82, 2.24) is 5.43 Å². The van der Waals surface area contributed by atoms with Gasteiger partial charge in [0.1, 0.15) is 11.5 Å². The largest absolute Gasteiger partial charge is 0.494 e. The molecule has 1 N–H and O–H groups in total. The Labute approximate surface area is 201 Å². The van der Waals surface area contributed by atoms with Crippen LogP contribution in [-0.4, -0.2) is 24.7 Å². The van der Waals surface area contributed by atoms with Crippen molar-refractivity contribution in [2.75, 3.05) is 6.61 Å². The quantitative estimate of drug-likeness (QED) is 0.158. The smallest absolute Gasteiger partial charge is 0.345 e. The summed E-state index contributed by atoms with van der Waals surface area (Å²) in [6.45, 7) is 2.44. The number of hydrogen-bond acceptors (Lipinski definition) is 5. The van der Waals surface area contributed by atoms with E-state index < -0.39 is 5.97 Å². The summed E-state index contributed by atoms with van der Waals surface area (Å²) in [5.41, 5.74) is 3.75. The molecule has 4 aromatic carbocycles. The van der Waals surface area contributed by atoms with Gasteiger partial charge in [-0.1, -0.05) is 54.1 Å². The molecule has 1 amide bonds. The third-order valence-corrected chi connectivity index (χ3v) is 5.34. The van der Waals surface area contributed by atoms with Crippen molar-refractivity contribution in [2.45, 2.75) is 6.92 Å². The summed E-state index contributed by atoms with van der Waals surface area (Å²) in [6.07, 6.45) is 1.46. The maximum Gasteiger partial charge on any atom is 0.345 e. The van der Waals surface area contributed by atoms with Crippen LogP contribution in [0.2, 0.25) is 5.02 Å². The number of carbonyl (C=O) groups is 2. The summed E-state index contributed by atoms with van der Waals surface area (Å²) in [5.74, 6) is 0.00840. The van der Waals surface area contributed by atoms with Crippen LogP contribution < -0.4 is 14.9 Å². The van der Waals surface area contributed by atoms with Gasteiger partial charge in [-0.15, -0.1) is 0 Å². The SMILES string of the molecule is CCOc1ccc(C(=O)N/N=C\c2c(OC(=O)c3ccccc3Cl)ccc3ccccc23)cc1. The Hall–Kier alpha value is -4.16. The topological polar surface area (TPSA) is 77.0 Å². The molecule has 0 radical (unpaired) electrons. The van der Waals surface area contributed by atoms with Crippen LogP contribution in [0.4, 0.5) is 0 Å². The van der Waals surface area contributed by atoms with Crippen LogP contribution in [-0.2, 0) is 0 Å². The lowest BCUT2D eigenvalue weighted by Crippen LogP contribution is -2.17. The monoisotopic (exact) mass is 472 g/mol. The fraction of sp³-hybridized carbons (Fsp3) is 0.0741. The van der Waals surface area contributed by atoms with Crippen LogP contribution in [0.5, 0.6) is 11.5 Å². The third-order valence-electron chi connectivity index (χ3n) is 5.01. The van der Waals surface area contributed by atoms with Crippen LogP contribution in [0, 0.1) is 0 Å². The summed E-state index contributed by atoms with van der Waals surface area (Å²) in [4.78, 5) is 25.2. The minimum atomic E-state index is -0.589. The maximum absolute atomic E-state index is 12.7. The van der Waals surface area contributed by atoms with Gasteiger partial charge in [0.05, 0.1) is 23.4 Å². The normalized spacial score (nSPS) is 10.9. The second-order valence-electron chi connectivity index (χ2n) is 7.22. The molecule has 0 aromatic heterocycles. The number of halogens is 1. The van der Waals surface area contributed by atoms with Crippen molar-refractivity contribution >= 4 is 40.5 Å². The Balaban J connectivity index is 1.59. The van der Waals surface area contributed by atoms with Crippen LogP contribution in [0.25, 0.3) is 10.8 Å². The lowest BCUT2D eigenvalue weighted by molar-refractivity contribution is 0.0734. The molecule has 0 fully saturated rings. The molecule has 170 valence electrons. The molecule has 4 rings (SSSR count). The summed E-state index contributed by atoms with van der Waals surface area (Å²) >= 11 is 6.14. The van der Waals surface area contributed by atoms with E-state index in [0.717, 1.165) is 10.8 Å². The first-order valence-electron chi connectivity index (χ1n) is 10.6. The summed E-state index contributed by atoms with van der Waals surface area (Å²) in [7, 11) is 0. The van der Waals surface area contributed by atoms with E-state index in [1.165, 1.54) is 6.21 Å².